The van der Waals surface area contributed by atoms with Gasteiger partial charge in [0.1, 0.15) is 5.75 Å². The zero-order chi connectivity index (χ0) is 11.1. The van der Waals surface area contributed by atoms with Crippen LogP contribution in [0.15, 0.2) is 24.3 Å². The Balaban J connectivity index is 2.82. The molecule has 80 valence electrons. The number of phenols is 1. The van der Waals surface area contributed by atoms with Crippen LogP contribution in [0.4, 0.5) is 0 Å². The summed E-state index contributed by atoms with van der Waals surface area (Å²) >= 11 is 0. The molecule has 0 amide bonds. The van der Waals surface area contributed by atoms with Crippen molar-refractivity contribution in [2.45, 2.75) is 6.42 Å². The van der Waals surface area contributed by atoms with Gasteiger partial charge in [-0.1, -0.05) is 24.3 Å². The van der Waals surface area contributed by atoms with Crippen LogP contribution in [0.25, 0.3) is 6.08 Å². The van der Waals surface area contributed by atoms with Crippen molar-refractivity contribution in [2.75, 3.05) is 13.6 Å². The second kappa shape index (κ2) is 5.98. The van der Waals surface area contributed by atoms with Gasteiger partial charge in [0.15, 0.2) is 6.29 Å². The summed E-state index contributed by atoms with van der Waals surface area (Å²) in [6, 6.07) is 4.92. The van der Waals surface area contributed by atoms with Crippen molar-refractivity contribution in [3.8, 4) is 5.75 Å². The van der Waals surface area contributed by atoms with Crippen molar-refractivity contribution < 1.29 is 9.90 Å². The largest absolute Gasteiger partial charge is 0.507 e. The molecule has 0 aliphatic heterocycles. The highest BCUT2D eigenvalue weighted by molar-refractivity contribution is 5.83. The molecule has 1 aromatic carbocycles. The van der Waals surface area contributed by atoms with Crippen molar-refractivity contribution >= 4 is 12.4 Å². The maximum absolute atomic E-state index is 10.7. The molecule has 1 rings (SSSR count). The van der Waals surface area contributed by atoms with Crippen molar-refractivity contribution in [1.29, 1.82) is 0 Å². The number of phenolic OH excluding ortho intramolecular Hbond substituents is 1. The van der Waals surface area contributed by atoms with Crippen LogP contribution >= 0.6 is 0 Å². The molecule has 15 heavy (non-hydrogen) atoms. The Kier molecular flexibility index (Phi) is 4.57. The molecule has 0 bridgehead atoms. The first kappa shape index (κ1) is 11.5. The molecule has 0 aliphatic rings. The van der Waals surface area contributed by atoms with Gasteiger partial charge in [0, 0.05) is 11.1 Å². The molecule has 2 N–H and O–H groups in total. The minimum atomic E-state index is 0.139. The van der Waals surface area contributed by atoms with Crippen LogP contribution in [0.1, 0.15) is 22.3 Å². The monoisotopic (exact) mass is 205 g/mol. The predicted octanol–water partition coefficient (Wildman–Crippen LogP) is 1.83. The van der Waals surface area contributed by atoms with Crippen LogP contribution < -0.4 is 5.32 Å². The van der Waals surface area contributed by atoms with Gasteiger partial charge in [-0.3, -0.25) is 4.79 Å². The second-order valence-corrected chi connectivity index (χ2v) is 3.19. The van der Waals surface area contributed by atoms with Gasteiger partial charge in [0.2, 0.25) is 0 Å². The van der Waals surface area contributed by atoms with E-state index in [1.165, 1.54) is 0 Å². The number of carbonyl (C=O) groups is 1. The number of hydrogen-bond acceptors (Lipinski definition) is 3. The Bertz CT molecular complexity index is 359. The third-order valence-electron chi connectivity index (χ3n) is 2.09. The summed E-state index contributed by atoms with van der Waals surface area (Å²) in [7, 11) is 1.88. The van der Waals surface area contributed by atoms with E-state index in [1.54, 1.807) is 24.3 Å². The predicted molar refractivity (Wildman–Crippen MR) is 61.1 cm³/mol. The van der Waals surface area contributed by atoms with E-state index in [0.717, 1.165) is 19.3 Å². The molecule has 3 heteroatoms. The van der Waals surface area contributed by atoms with E-state index in [9.17, 15) is 9.90 Å². The smallest absolute Gasteiger partial charge is 0.150 e. The first-order valence-electron chi connectivity index (χ1n) is 4.88. The summed E-state index contributed by atoms with van der Waals surface area (Å²) in [4.78, 5) is 10.7. The fraction of sp³-hybridized carbons (Fsp3) is 0.250. The molecule has 0 heterocycles. The lowest BCUT2D eigenvalue weighted by Crippen LogP contribution is -2.05. The van der Waals surface area contributed by atoms with E-state index in [-0.39, 0.29) is 5.75 Å². The highest BCUT2D eigenvalue weighted by atomic mass is 16.3. The number of benzene rings is 1. The molecule has 0 atom stereocenters. The molecule has 0 radical (unpaired) electrons. The summed E-state index contributed by atoms with van der Waals surface area (Å²) < 4.78 is 0. The van der Waals surface area contributed by atoms with Crippen molar-refractivity contribution in [1.82, 2.24) is 5.32 Å². The number of aromatic hydroxyl groups is 1. The zero-order valence-electron chi connectivity index (χ0n) is 8.73. The van der Waals surface area contributed by atoms with Crippen molar-refractivity contribution in [3.63, 3.8) is 0 Å². The molecule has 0 aromatic heterocycles. The lowest BCUT2D eigenvalue weighted by atomic mass is 10.1. The van der Waals surface area contributed by atoms with Gasteiger partial charge in [0.25, 0.3) is 0 Å². The van der Waals surface area contributed by atoms with Crippen LogP contribution in [-0.4, -0.2) is 25.0 Å². The van der Waals surface area contributed by atoms with Crippen LogP contribution in [0.2, 0.25) is 0 Å². The third kappa shape index (κ3) is 3.22. The van der Waals surface area contributed by atoms with Crippen LogP contribution in [-0.2, 0) is 0 Å². The SMILES string of the molecule is CNCCC=Cc1c(O)cccc1C=O. The number of nitrogens with one attached hydrogen (secondary N) is 1. The zero-order valence-corrected chi connectivity index (χ0v) is 8.73. The van der Waals surface area contributed by atoms with Gasteiger partial charge >= 0.3 is 0 Å². The van der Waals surface area contributed by atoms with Gasteiger partial charge in [-0.25, -0.2) is 0 Å². The Labute approximate surface area is 89.4 Å². The van der Waals surface area contributed by atoms with E-state index >= 15 is 0 Å². The number of aldehydes is 1. The average molecular weight is 205 g/mol. The van der Waals surface area contributed by atoms with E-state index in [1.807, 2.05) is 13.1 Å². The molecule has 0 unspecified atom stereocenters. The van der Waals surface area contributed by atoms with E-state index in [0.29, 0.717) is 11.1 Å². The molecular weight excluding hydrogens is 190 g/mol. The lowest BCUT2D eigenvalue weighted by molar-refractivity contribution is 0.112. The van der Waals surface area contributed by atoms with Gasteiger partial charge < -0.3 is 10.4 Å². The normalized spacial score (nSPS) is 10.7. The summed E-state index contributed by atoms with van der Waals surface area (Å²) in [5, 5.41) is 12.6. The maximum Gasteiger partial charge on any atom is 0.150 e. The Morgan fingerprint density at radius 3 is 2.93 bits per heavy atom. The lowest BCUT2D eigenvalue weighted by Gasteiger charge is -2.01. The van der Waals surface area contributed by atoms with Crippen molar-refractivity contribution in [3.05, 3.63) is 35.4 Å². The molecule has 0 aliphatic carbocycles. The number of hydrogen-bond donors (Lipinski definition) is 2. The molecule has 0 saturated heterocycles. The highest BCUT2D eigenvalue weighted by Gasteiger charge is 2.02. The number of rotatable bonds is 5. The van der Waals surface area contributed by atoms with Gasteiger partial charge in [0.05, 0.1) is 0 Å². The van der Waals surface area contributed by atoms with Crippen LogP contribution in [0, 0.1) is 0 Å². The summed E-state index contributed by atoms with van der Waals surface area (Å²) in [6.45, 7) is 0.876. The first-order chi connectivity index (χ1) is 7.29. The topological polar surface area (TPSA) is 49.3 Å². The Morgan fingerprint density at radius 1 is 1.47 bits per heavy atom. The van der Waals surface area contributed by atoms with Gasteiger partial charge in [-0.05, 0) is 26.1 Å². The molecule has 3 nitrogen and oxygen atoms in total. The molecule has 1 aromatic rings. The van der Waals surface area contributed by atoms with Crippen molar-refractivity contribution in [2.24, 2.45) is 0 Å². The minimum Gasteiger partial charge on any atom is -0.507 e. The fourth-order valence-corrected chi connectivity index (χ4v) is 1.28. The van der Waals surface area contributed by atoms with Gasteiger partial charge in [-0.2, -0.15) is 0 Å². The van der Waals surface area contributed by atoms with Gasteiger partial charge in [-0.15, -0.1) is 0 Å². The van der Waals surface area contributed by atoms with E-state index < -0.39 is 0 Å². The standard InChI is InChI=1S/C12H15NO2/c1-13-8-3-2-6-11-10(9-14)5-4-7-12(11)15/h2,4-7,9,13,15H,3,8H2,1H3. The second-order valence-electron chi connectivity index (χ2n) is 3.19. The molecule has 0 saturated carbocycles. The molecular formula is C12H15NO2. The van der Waals surface area contributed by atoms with Crippen LogP contribution in [0.3, 0.4) is 0 Å². The highest BCUT2D eigenvalue weighted by Crippen LogP contribution is 2.21. The summed E-state index contributed by atoms with van der Waals surface area (Å²) in [5.74, 6) is 0.139. The van der Waals surface area contributed by atoms with Crippen LogP contribution in [0.5, 0.6) is 5.75 Å². The molecule has 0 spiro atoms. The van der Waals surface area contributed by atoms with E-state index in [4.69, 9.17) is 0 Å². The average Bonchev–Trinajstić information content (AvgIpc) is 2.26. The van der Waals surface area contributed by atoms with E-state index in [2.05, 4.69) is 5.32 Å². The minimum absolute atomic E-state index is 0.139. The third-order valence-corrected chi connectivity index (χ3v) is 2.09. The Hall–Kier alpha value is -1.61. The summed E-state index contributed by atoms with van der Waals surface area (Å²) in [6.07, 6.45) is 5.32. The Morgan fingerprint density at radius 2 is 2.27 bits per heavy atom. The summed E-state index contributed by atoms with van der Waals surface area (Å²) in [5.41, 5.74) is 1.10. The maximum atomic E-state index is 10.7. The molecule has 0 fully saturated rings. The quantitative estimate of drug-likeness (QED) is 0.569. The number of carbonyl (C=O) groups excluding carboxylic acids is 1. The fourth-order valence-electron chi connectivity index (χ4n) is 1.28. The first-order valence-corrected chi connectivity index (χ1v) is 4.88.